The van der Waals surface area contributed by atoms with E-state index in [2.05, 4.69) is 9.97 Å². The molecule has 0 amide bonds. The molecule has 0 aliphatic carbocycles. The van der Waals surface area contributed by atoms with E-state index in [1.165, 1.54) is 0 Å². The van der Waals surface area contributed by atoms with E-state index in [9.17, 15) is 5.11 Å². The Bertz CT molecular complexity index is 748. The third-order valence-corrected chi connectivity index (χ3v) is 3.56. The minimum atomic E-state index is -0.798. The van der Waals surface area contributed by atoms with Gasteiger partial charge in [0.2, 0.25) is 0 Å². The number of imidazole rings is 1. The zero-order valence-electron chi connectivity index (χ0n) is 11.6. The van der Waals surface area contributed by atoms with Crippen molar-refractivity contribution in [2.45, 2.75) is 26.5 Å². The van der Waals surface area contributed by atoms with Gasteiger partial charge in [-0.15, -0.1) is 0 Å². The van der Waals surface area contributed by atoms with Crippen LogP contribution in [-0.2, 0) is 6.54 Å². The number of aromatic nitrogens is 3. The first-order valence-electron chi connectivity index (χ1n) is 6.76. The normalized spacial score (nSPS) is 12.8. The van der Waals surface area contributed by atoms with Gasteiger partial charge in [-0.2, -0.15) is 0 Å². The molecule has 102 valence electrons. The third kappa shape index (κ3) is 2.08. The molecule has 1 aromatic carbocycles. The summed E-state index contributed by atoms with van der Waals surface area (Å²) in [6.07, 6.45) is 2.77. The smallest absolute Gasteiger partial charge is 0.154 e. The van der Waals surface area contributed by atoms with E-state index in [-0.39, 0.29) is 0 Å². The monoisotopic (exact) mass is 267 g/mol. The summed E-state index contributed by atoms with van der Waals surface area (Å²) in [5, 5.41) is 11.6. The number of pyridine rings is 1. The standard InChI is InChI=1S/C16H17N3O/c1-3-19-9-8-17-16(19)15(20)14-10-11(2)12-6-4-5-7-13(12)18-14/h4-10,15,20H,3H2,1-2H3. The highest BCUT2D eigenvalue weighted by atomic mass is 16.3. The number of nitrogens with zero attached hydrogens (tertiary/aromatic N) is 3. The van der Waals surface area contributed by atoms with Gasteiger partial charge in [0.05, 0.1) is 11.2 Å². The van der Waals surface area contributed by atoms with E-state index in [1.807, 2.05) is 54.9 Å². The molecule has 0 bridgehead atoms. The quantitative estimate of drug-likeness (QED) is 0.794. The predicted molar refractivity (Wildman–Crippen MR) is 78.4 cm³/mol. The fraction of sp³-hybridized carbons (Fsp3) is 0.250. The van der Waals surface area contributed by atoms with Crippen molar-refractivity contribution < 1.29 is 5.11 Å². The summed E-state index contributed by atoms with van der Waals surface area (Å²) in [5.74, 6) is 0.634. The van der Waals surface area contributed by atoms with Crippen LogP contribution in [0.5, 0.6) is 0 Å². The highest BCUT2D eigenvalue weighted by Crippen LogP contribution is 2.24. The van der Waals surface area contributed by atoms with E-state index in [1.54, 1.807) is 6.20 Å². The first kappa shape index (κ1) is 12.8. The Morgan fingerprint density at radius 1 is 1.30 bits per heavy atom. The van der Waals surface area contributed by atoms with E-state index >= 15 is 0 Å². The minimum absolute atomic E-state index is 0.634. The van der Waals surface area contributed by atoms with E-state index in [0.717, 1.165) is 23.0 Å². The average molecular weight is 267 g/mol. The van der Waals surface area contributed by atoms with Gasteiger partial charge in [-0.1, -0.05) is 18.2 Å². The lowest BCUT2D eigenvalue weighted by Crippen LogP contribution is -2.10. The number of aliphatic hydroxyl groups excluding tert-OH is 1. The highest BCUT2D eigenvalue weighted by Gasteiger charge is 2.18. The van der Waals surface area contributed by atoms with E-state index in [4.69, 9.17) is 0 Å². The summed E-state index contributed by atoms with van der Waals surface area (Å²) in [6.45, 7) is 4.84. The number of benzene rings is 1. The van der Waals surface area contributed by atoms with Crippen molar-refractivity contribution in [2.75, 3.05) is 0 Å². The van der Waals surface area contributed by atoms with Crippen LogP contribution in [-0.4, -0.2) is 19.6 Å². The van der Waals surface area contributed by atoms with Crippen molar-refractivity contribution in [3.05, 3.63) is 59.8 Å². The Balaban J connectivity index is 2.10. The molecule has 0 fully saturated rings. The molecule has 20 heavy (non-hydrogen) atoms. The number of hydrogen-bond acceptors (Lipinski definition) is 3. The number of rotatable bonds is 3. The molecular formula is C16H17N3O. The Labute approximate surface area is 117 Å². The molecule has 0 aliphatic rings. The van der Waals surface area contributed by atoms with Gasteiger partial charge in [0.15, 0.2) is 6.10 Å². The maximum Gasteiger partial charge on any atom is 0.154 e. The fourth-order valence-electron chi connectivity index (χ4n) is 2.48. The van der Waals surface area contributed by atoms with Crippen LogP contribution in [0.2, 0.25) is 0 Å². The van der Waals surface area contributed by atoms with Gasteiger partial charge < -0.3 is 9.67 Å². The molecule has 0 saturated heterocycles. The number of aryl methyl sites for hydroxylation is 2. The minimum Gasteiger partial charge on any atom is -0.379 e. The van der Waals surface area contributed by atoms with Crippen molar-refractivity contribution in [1.82, 2.24) is 14.5 Å². The Hall–Kier alpha value is -2.20. The molecule has 0 radical (unpaired) electrons. The number of hydrogen-bond donors (Lipinski definition) is 1. The van der Waals surface area contributed by atoms with E-state index < -0.39 is 6.10 Å². The molecule has 3 aromatic rings. The van der Waals surface area contributed by atoms with Crippen LogP contribution in [0.25, 0.3) is 10.9 Å². The van der Waals surface area contributed by atoms with Crippen molar-refractivity contribution in [1.29, 1.82) is 0 Å². The molecule has 0 aliphatic heterocycles. The second kappa shape index (κ2) is 5.06. The van der Waals surface area contributed by atoms with Gasteiger partial charge in [0, 0.05) is 24.3 Å². The molecule has 0 spiro atoms. The lowest BCUT2D eigenvalue weighted by molar-refractivity contribution is 0.200. The maximum atomic E-state index is 10.5. The second-order valence-corrected chi connectivity index (χ2v) is 4.86. The SMILES string of the molecule is CCn1ccnc1C(O)c1cc(C)c2ccccc2n1. The molecule has 2 aromatic heterocycles. The van der Waals surface area contributed by atoms with Gasteiger partial charge >= 0.3 is 0 Å². The van der Waals surface area contributed by atoms with Crippen molar-refractivity contribution in [3.63, 3.8) is 0 Å². The van der Waals surface area contributed by atoms with Gasteiger partial charge in [-0.05, 0) is 31.5 Å². The molecular weight excluding hydrogens is 250 g/mol. The largest absolute Gasteiger partial charge is 0.379 e. The third-order valence-electron chi connectivity index (χ3n) is 3.56. The maximum absolute atomic E-state index is 10.5. The van der Waals surface area contributed by atoms with Crippen LogP contribution in [0.4, 0.5) is 0 Å². The molecule has 1 atom stereocenters. The molecule has 4 nitrogen and oxygen atoms in total. The Kier molecular flexibility index (Phi) is 3.24. The lowest BCUT2D eigenvalue weighted by atomic mass is 10.1. The summed E-state index contributed by atoms with van der Waals surface area (Å²) < 4.78 is 1.93. The Morgan fingerprint density at radius 2 is 2.10 bits per heavy atom. The zero-order valence-corrected chi connectivity index (χ0v) is 11.6. The molecule has 4 heteroatoms. The average Bonchev–Trinajstić information content (AvgIpc) is 2.95. The highest BCUT2D eigenvalue weighted by molar-refractivity contribution is 5.82. The van der Waals surface area contributed by atoms with E-state index in [0.29, 0.717) is 11.5 Å². The first-order valence-corrected chi connectivity index (χ1v) is 6.76. The second-order valence-electron chi connectivity index (χ2n) is 4.86. The van der Waals surface area contributed by atoms with Gasteiger partial charge in [0.1, 0.15) is 5.82 Å². The number of para-hydroxylation sites is 1. The summed E-state index contributed by atoms with van der Waals surface area (Å²) in [7, 11) is 0. The number of aliphatic hydroxyl groups is 1. The van der Waals surface area contributed by atoms with Crippen molar-refractivity contribution >= 4 is 10.9 Å². The molecule has 3 rings (SSSR count). The predicted octanol–water partition coefficient (Wildman–Crippen LogP) is 2.84. The van der Waals surface area contributed by atoms with Crippen LogP contribution in [0.15, 0.2) is 42.7 Å². The van der Waals surface area contributed by atoms with Crippen LogP contribution in [0.3, 0.4) is 0 Å². The Morgan fingerprint density at radius 3 is 2.90 bits per heavy atom. The van der Waals surface area contributed by atoms with Crippen molar-refractivity contribution in [3.8, 4) is 0 Å². The van der Waals surface area contributed by atoms with Crippen molar-refractivity contribution in [2.24, 2.45) is 0 Å². The first-order chi connectivity index (χ1) is 9.70. The van der Waals surface area contributed by atoms with Crippen LogP contribution >= 0.6 is 0 Å². The van der Waals surface area contributed by atoms with Gasteiger partial charge in [0.25, 0.3) is 0 Å². The summed E-state index contributed by atoms with van der Waals surface area (Å²) in [5.41, 5.74) is 2.65. The number of fused-ring (bicyclic) bond motifs is 1. The van der Waals surface area contributed by atoms with Crippen LogP contribution in [0, 0.1) is 6.92 Å². The fourth-order valence-corrected chi connectivity index (χ4v) is 2.48. The van der Waals surface area contributed by atoms with Crippen LogP contribution in [0.1, 0.15) is 30.1 Å². The lowest BCUT2D eigenvalue weighted by Gasteiger charge is -2.13. The van der Waals surface area contributed by atoms with Crippen LogP contribution < -0.4 is 0 Å². The molecule has 0 saturated carbocycles. The molecule has 1 unspecified atom stereocenters. The van der Waals surface area contributed by atoms with Gasteiger partial charge in [-0.3, -0.25) is 0 Å². The molecule has 1 N–H and O–H groups in total. The topological polar surface area (TPSA) is 50.9 Å². The summed E-state index contributed by atoms with van der Waals surface area (Å²) in [6, 6.07) is 9.89. The summed E-state index contributed by atoms with van der Waals surface area (Å²) >= 11 is 0. The van der Waals surface area contributed by atoms with Gasteiger partial charge in [-0.25, -0.2) is 9.97 Å². The molecule has 2 heterocycles. The summed E-state index contributed by atoms with van der Waals surface area (Å²) in [4.78, 5) is 8.81. The zero-order chi connectivity index (χ0) is 14.1.